The fourth-order valence-electron chi connectivity index (χ4n) is 3.33. The molecule has 8 heteroatoms. The third-order valence-corrected chi connectivity index (χ3v) is 5.67. The van der Waals surface area contributed by atoms with Crippen LogP contribution in [0.3, 0.4) is 0 Å². The molecule has 0 saturated carbocycles. The first-order valence-electron chi connectivity index (χ1n) is 9.80. The van der Waals surface area contributed by atoms with Crippen LogP contribution in [0.1, 0.15) is 26.3 Å². The molecule has 1 aliphatic rings. The number of rotatable bonds is 6. The highest BCUT2D eigenvalue weighted by molar-refractivity contribution is 9.10. The number of hydrogen-bond donors (Lipinski definition) is 0. The number of fused-ring (bicyclic) bond motifs is 1. The van der Waals surface area contributed by atoms with Gasteiger partial charge < -0.3 is 23.7 Å². The van der Waals surface area contributed by atoms with Gasteiger partial charge >= 0.3 is 5.97 Å². The normalized spacial score (nSPS) is 13.3. The lowest BCUT2D eigenvalue weighted by atomic mass is 10.1. The Labute approximate surface area is 198 Å². The van der Waals surface area contributed by atoms with Crippen LogP contribution < -0.4 is 23.7 Å². The van der Waals surface area contributed by atoms with Gasteiger partial charge in [0.1, 0.15) is 11.5 Å². The largest absolute Gasteiger partial charge is 0.493 e. The second-order valence-corrected chi connectivity index (χ2v) is 7.78. The first kappa shape index (κ1) is 22.4. The number of benzene rings is 3. The maximum absolute atomic E-state index is 12.8. The second-order valence-electron chi connectivity index (χ2n) is 6.92. The number of methoxy groups -OCH3 is 3. The van der Waals surface area contributed by atoms with Crippen LogP contribution in [0.15, 0.2) is 64.8 Å². The molecule has 0 atom stereocenters. The Hall–Kier alpha value is -3.78. The average molecular weight is 511 g/mol. The molecule has 1 aliphatic heterocycles. The van der Waals surface area contributed by atoms with Crippen LogP contribution in [0, 0.1) is 0 Å². The molecule has 0 radical (unpaired) electrons. The van der Waals surface area contributed by atoms with E-state index in [1.54, 1.807) is 12.1 Å². The van der Waals surface area contributed by atoms with Gasteiger partial charge in [0.2, 0.25) is 11.5 Å². The maximum atomic E-state index is 12.8. The SMILES string of the molecule is COc1cc(C(=O)Oc2ccc3c(c2)O/C(=C\c2ccccc2Br)C3=O)cc(OC)c1OC. The molecule has 0 amide bonds. The number of carbonyl (C=O) groups excluding carboxylic acids is 2. The van der Waals surface area contributed by atoms with Crippen LogP contribution in [0.25, 0.3) is 6.08 Å². The predicted molar refractivity (Wildman–Crippen MR) is 125 cm³/mol. The third-order valence-electron chi connectivity index (χ3n) is 4.94. The van der Waals surface area contributed by atoms with Crippen LogP contribution in [0.4, 0.5) is 0 Å². The molecular formula is C25H19BrO7. The van der Waals surface area contributed by atoms with Gasteiger partial charge in [0.05, 0.1) is 32.5 Å². The standard InChI is InChI=1S/C25H19BrO7/c1-29-21-11-15(12-22(30-2)24(21)31-3)25(28)32-16-8-9-17-19(13-16)33-20(23(17)27)10-14-6-4-5-7-18(14)26/h4-13H,1-3H3/b20-10-. The zero-order valence-corrected chi connectivity index (χ0v) is 19.6. The molecule has 0 spiro atoms. The lowest BCUT2D eigenvalue weighted by Crippen LogP contribution is -2.09. The summed E-state index contributed by atoms with van der Waals surface area (Å²) in [5.41, 5.74) is 1.40. The summed E-state index contributed by atoms with van der Waals surface area (Å²) in [6, 6.07) is 15.1. The zero-order chi connectivity index (χ0) is 23.5. The van der Waals surface area contributed by atoms with Gasteiger partial charge in [0.25, 0.3) is 0 Å². The summed E-state index contributed by atoms with van der Waals surface area (Å²) in [7, 11) is 4.39. The van der Waals surface area contributed by atoms with Gasteiger partial charge in [-0.05, 0) is 42.0 Å². The van der Waals surface area contributed by atoms with Gasteiger partial charge in [-0.3, -0.25) is 4.79 Å². The number of carbonyl (C=O) groups is 2. The van der Waals surface area contributed by atoms with E-state index < -0.39 is 5.97 Å². The highest BCUT2D eigenvalue weighted by Crippen LogP contribution is 2.39. The Morgan fingerprint density at radius 1 is 0.939 bits per heavy atom. The van der Waals surface area contributed by atoms with E-state index in [1.165, 1.54) is 45.6 Å². The van der Waals surface area contributed by atoms with Gasteiger partial charge in [-0.2, -0.15) is 0 Å². The van der Waals surface area contributed by atoms with Crippen molar-refractivity contribution in [3.05, 3.63) is 81.5 Å². The number of halogens is 1. The van der Waals surface area contributed by atoms with Gasteiger partial charge in [0.15, 0.2) is 17.3 Å². The lowest BCUT2D eigenvalue weighted by Gasteiger charge is -2.13. The van der Waals surface area contributed by atoms with Crippen molar-refractivity contribution in [2.75, 3.05) is 21.3 Å². The number of ether oxygens (including phenoxy) is 5. The van der Waals surface area contributed by atoms with Crippen molar-refractivity contribution < 1.29 is 33.3 Å². The minimum Gasteiger partial charge on any atom is -0.493 e. The zero-order valence-electron chi connectivity index (χ0n) is 18.0. The lowest BCUT2D eigenvalue weighted by molar-refractivity contribution is 0.0733. The molecule has 33 heavy (non-hydrogen) atoms. The summed E-state index contributed by atoms with van der Waals surface area (Å²) >= 11 is 3.45. The quantitative estimate of drug-likeness (QED) is 0.252. The monoisotopic (exact) mass is 510 g/mol. The molecule has 7 nitrogen and oxygen atoms in total. The van der Waals surface area contributed by atoms with Crippen molar-refractivity contribution >= 4 is 33.8 Å². The number of Topliss-reactive ketones (excluding diaryl/α,β-unsaturated/α-hetero) is 1. The molecule has 0 fully saturated rings. The summed E-state index contributed by atoms with van der Waals surface area (Å²) < 4.78 is 27.9. The van der Waals surface area contributed by atoms with Crippen LogP contribution in [0.5, 0.6) is 28.7 Å². The maximum Gasteiger partial charge on any atom is 0.343 e. The Balaban J connectivity index is 1.58. The molecule has 3 aromatic carbocycles. The van der Waals surface area contributed by atoms with Crippen LogP contribution in [-0.2, 0) is 0 Å². The number of allylic oxidation sites excluding steroid dienone is 1. The minimum atomic E-state index is -0.637. The van der Waals surface area contributed by atoms with Crippen LogP contribution >= 0.6 is 15.9 Å². The molecular weight excluding hydrogens is 492 g/mol. The van der Waals surface area contributed by atoms with E-state index >= 15 is 0 Å². The molecule has 3 aromatic rings. The van der Waals surface area contributed by atoms with Gasteiger partial charge in [-0.25, -0.2) is 4.79 Å². The van der Waals surface area contributed by atoms with Gasteiger partial charge in [0, 0.05) is 10.5 Å². The Bertz CT molecular complexity index is 1250. The average Bonchev–Trinajstić information content (AvgIpc) is 3.13. The third kappa shape index (κ3) is 4.42. The van der Waals surface area contributed by atoms with E-state index in [1.807, 2.05) is 24.3 Å². The Morgan fingerprint density at radius 2 is 1.64 bits per heavy atom. The predicted octanol–water partition coefficient (Wildman–Crippen LogP) is 5.31. The Kier molecular flexibility index (Phi) is 6.37. The second kappa shape index (κ2) is 9.38. The van der Waals surface area contributed by atoms with Crippen molar-refractivity contribution in [2.24, 2.45) is 0 Å². The molecule has 168 valence electrons. The van der Waals surface area contributed by atoms with Crippen molar-refractivity contribution in [1.82, 2.24) is 0 Å². The molecule has 0 aliphatic carbocycles. The van der Waals surface area contributed by atoms with Crippen LogP contribution in [0.2, 0.25) is 0 Å². The van der Waals surface area contributed by atoms with Crippen molar-refractivity contribution in [3.63, 3.8) is 0 Å². The van der Waals surface area contributed by atoms with E-state index in [0.717, 1.165) is 10.0 Å². The summed E-state index contributed by atoms with van der Waals surface area (Å²) in [6.45, 7) is 0. The fourth-order valence-corrected chi connectivity index (χ4v) is 3.73. The molecule has 0 aromatic heterocycles. The van der Waals surface area contributed by atoms with E-state index in [0.29, 0.717) is 28.6 Å². The first-order chi connectivity index (χ1) is 15.9. The smallest absolute Gasteiger partial charge is 0.343 e. The van der Waals surface area contributed by atoms with E-state index in [2.05, 4.69) is 15.9 Å². The first-order valence-corrected chi connectivity index (χ1v) is 10.6. The van der Waals surface area contributed by atoms with E-state index in [-0.39, 0.29) is 22.9 Å². The summed E-state index contributed by atoms with van der Waals surface area (Å²) in [5.74, 6) is 0.860. The number of hydrogen-bond acceptors (Lipinski definition) is 7. The van der Waals surface area contributed by atoms with Gasteiger partial charge in [-0.15, -0.1) is 0 Å². The number of ketones is 1. The van der Waals surface area contributed by atoms with E-state index in [9.17, 15) is 9.59 Å². The van der Waals surface area contributed by atoms with Gasteiger partial charge in [-0.1, -0.05) is 34.1 Å². The molecule has 4 rings (SSSR count). The Morgan fingerprint density at radius 3 is 2.27 bits per heavy atom. The minimum absolute atomic E-state index is 0.185. The molecule has 1 heterocycles. The molecule has 0 unspecified atom stereocenters. The summed E-state index contributed by atoms with van der Waals surface area (Å²) in [4.78, 5) is 25.5. The van der Waals surface area contributed by atoms with Crippen LogP contribution in [-0.4, -0.2) is 33.1 Å². The summed E-state index contributed by atoms with van der Waals surface area (Å²) in [6.07, 6.45) is 1.66. The van der Waals surface area contributed by atoms with E-state index in [4.69, 9.17) is 23.7 Å². The molecule has 0 N–H and O–H groups in total. The molecule has 0 bridgehead atoms. The highest BCUT2D eigenvalue weighted by atomic mass is 79.9. The topological polar surface area (TPSA) is 80.3 Å². The highest BCUT2D eigenvalue weighted by Gasteiger charge is 2.28. The van der Waals surface area contributed by atoms with Crippen molar-refractivity contribution in [1.29, 1.82) is 0 Å². The summed E-state index contributed by atoms with van der Waals surface area (Å²) in [5, 5.41) is 0. The van der Waals surface area contributed by atoms with Crippen molar-refractivity contribution in [3.8, 4) is 28.7 Å². The fraction of sp³-hybridized carbons (Fsp3) is 0.120. The molecule has 0 saturated heterocycles. The van der Waals surface area contributed by atoms with Crippen molar-refractivity contribution in [2.45, 2.75) is 0 Å². The number of esters is 1.